The van der Waals surface area contributed by atoms with Crippen LogP contribution in [0.25, 0.3) is 0 Å². The molecule has 0 amide bonds. The Balaban J connectivity index is 2.07. The third-order valence-corrected chi connectivity index (χ3v) is 2.91. The van der Waals surface area contributed by atoms with Crippen LogP contribution >= 0.6 is 11.6 Å². The van der Waals surface area contributed by atoms with Crippen LogP contribution < -0.4 is 5.32 Å². The fourth-order valence-electron chi connectivity index (χ4n) is 1.64. The molecule has 2 rings (SSSR count). The molecule has 0 bridgehead atoms. The molecule has 2 heterocycles. The molecule has 0 aromatic carbocycles. The molecule has 0 atom stereocenters. The summed E-state index contributed by atoms with van der Waals surface area (Å²) in [6, 6.07) is 1.72. The van der Waals surface area contributed by atoms with Gasteiger partial charge >= 0.3 is 0 Å². The van der Waals surface area contributed by atoms with Gasteiger partial charge in [0, 0.05) is 25.0 Å². The monoisotopic (exact) mass is 265 g/mol. The van der Waals surface area contributed by atoms with Gasteiger partial charge in [0.15, 0.2) is 0 Å². The predicted molar refractivity (Wildman–Crippen MR) is 71.8 cm³/mol. The fourth-order valence-corrected chi connectivity index (χ4v) is 1.86. The molecule has 1 N–H and O–H groups in total. The SMILES string of the molecule is Cc1nc(Cl)cc(NCC(C)(C)n2ccnc2)n1. The highest BCUT2D eigenvalue weighted by Crippen LogP contribution is 2.17. The third kappa shape index (κ3) is 2.98. The van der Waals surface area contributed by atoms with Crippen molar-refractivity contribution in [1.82, 2.24) is 19.5 Å². The third-order valence-electron chi connectivity index (χ3n) is 2.71. The van der Waals surface area contributed by atoms with E-state index in [9.17, 15) is 0 Å². The van der Waals surface area contributed by atoms with E-state index in [1.165, 1.54) is 0 Å². The van der Waals surface area contributed by atoms with Crippen LogP contribution in [-0.2, 0) is 5.54 Å². The molecule has 96 valence electrons. The topological polar surface area (TPSA) is 55.6 Å². The molecule has 2 aromatic rings. The average molecular weight is 266 g/mol. The van der Waals surface area contributed by atoms with Crippen LogP contribution in [0.5, 0.6) is 0 Å². The standard InChI is InChI=1S/C12H16ClN5/c1-9-16-10(13)6-11(17-9)15-7-12(2,3)18-5-4-14-8-18/h4-6,8H,7H2,1-3H3,(H,15,16,17). The number of nitrogens with zero attached hydrogens (tertiary/aromatic N) is 4. The average Bonchev–Trinajstić information content (AvgIpc) is 2.79. The van der Waals surface area contributed by atoms with E-state index in [0.29, 0.717) is 11.0 Å². The van der Waals surface area contributed by atoms with Crippen LogP contribution in [-0.4, -0.2) is 26.1 Å². The highest BCUT2D eigenvalue weighted by molar-refractivity contribution is 6.29. The van der Waals surface area contributed by atoms with Gasteiger partial charge in [-0.25, -0.2) is 15.0 Å². The minimum Gasteiger partial charge on any atom is -0.368 e. The van der Waals surface area contributed by atoms with E-state index < -0.39 is 0 Å². The molecule has 5 nitrogen and oxygen atoms in total. The van der Waals surface area contributed by atoms with Crippen LogP contribution in [0.3, 0.4) is 0 Å². The van der Waals surface area contributed by atoms with Crippen molar-refractivity contribution in [2.75, 3.05) is 11.9 Å². The number of aromatic nitrogens is 4. The molecular weight excluding hydrogens is 250 g/mol. The summed E-state index contributed by atoms with van der Waals surface area (Å²) in [6.07, 6.45) is 5.52. The molecule has 0 fully saturated rings. The van der Waals surface area contributed by atoms with Gasteiger partial charge in [-0.1, -0.05) is 11.6 Å². The second kappa shape index (κ2) is 4.94. The van der Waals surface area contributed by atoms with Crippen molar-refractivity contribution < 1.29 is 0 Å². The first-order valence-corrected chi connectivity index (χ1v) is 6.09. The van der Waals surface area contributed by atoms with Crippen molar-refractivity contribution in [1.29, 1.82) is 0 Å². The van der Waals surface area contributed by atoms with E-state index >= 15 is 0 Å². The van der Waals surface area contributed by atoms with E-state index in [1.807, 2.05) is 13.1 Å². The Morgan fingerprint density at radius 2 is 2.17 bits per heavy atom. The lowest BCUT2D eigenvalue weighted by Crippen LogP contribution is -2.33. The van der Waals surface area contributed by atoms with Crippen molar-refractivity contribution >= 4 is 17.4 Å². The van der Waals surface area contributed by atoms with Gasteiger partial charge in [-0.05, 0) is 20.8 Å². The maximum absolute atomic E-state index is 5.89. The molecule has 0 saturated carbocycles. The molecule has 0 unspecified atom stereocenters. The Bertz CT molecular complexity index is 501. The Morgan fingerprint density at radius 3 is 2.78 bits per heavy atom. The predicted octanol–water partition coefficient (Wildman–Crippen LogP) is 2.48. The summed E-state index contributed by atoms with van der Waals surface area (Å²) in [5.74, 6) is 1.39. The molecule has 6 heteroatoms. The van der Waals surface area contributed by atoms with Gasteiger partial charge in [-0.15, -0.1) is 0 Å². The molecular formula is C12H16ClN5. The molecule has 18 heavy (non-hydrogen) atoms. The number of nitrogens with one attached hydrogen (secondary N) is 1. The largest absolute Gasteiger partial charge is 0.368 e. The molecule has 0 saturated heterocycles. The van der Waals surface area contributed by atoms with Gasteiger partial charge in [0.25, 0.3) is 0 Å². The smallest absolute Gasteiger partial charge is 0.134 e. The van der Waals surface area contributed by atoms with Crippen LogP contribution in [0.1, 0.15) is 19.7 Å². The van der Waals surface area contributed by atoms with Crippen molar-refractivity contribution in [3.05, 3.63) is 35.8 Å². The lowest BCUT2D eigenvalue weighted by atomic mass is 10.1. The van der Waals surface area contributed by atoms with Crippen LogP contribution in [0.4, 0.5) is 5.82 Å². The van der Waals surface area contributed by atoms with Crippen LogP contribution in [0.2, 0.25) is 5.15 Å². The normalized spacial score (nSPS) is 11.6. The van der Waals surface area contributed by atoms with Crippen LogP contribution in [0, 0.1) is 6.92 Å². The lowest BCUT2D eigenvalue weighted by Gasteiger charge is -2.27. The number of halogens is 1. The second-order valence-electron chi connectivity index (χ2n) is 4.76. The summed E-state index contributed by atoms with van der Waals surface area (Å²) >= 11 is 5.89. The Morgan fingerprint density at radius 1 is 1.39 bits per heavy atom. The minimum absolute atomic E-state index is 0.0954. The quantitative estimate of drug-likeness (QED) is 0.863. The maximum atomic E-state index is 5.89. The van der Waals surface area contributed by atoms with Gasteiger partial charge in [-0.2, -0.15) is 0 Å². The van der Waals surface area contributed by atoms with E-state index in [-0.39, 0.29) is 5.54 Å². The zero-order valence-electron chi connectivity index (χ0n) is 10.7. The van der Waals surface area contributed by atoms with Crippen molar-refractivity contribution in [2.45, 2.75) is 26.3 Å². The highest BCUT2D eigenvalue weighted by atomic mass is 35.5. The number of hydrogen-bond acceptors (Lipinski definition) is 4. The minimum atomic E-state index is -0.0954. The summed E-state index contributed by atoms with van der Waals surface area (Å²) < 4.78 is 2.05. The van der Waals surface area contributed by atoms with Gasteiger partial charge in [0.2, 0.25) is 0 Å². The molecule has 0 spiro atoms. The van der Waals surface area contributed by atoms with Crippen molar-refractivity contribution in [2.24, 2.45) is 0 Å². The summed E-state index contributed by atoms with van der Waals surface area (Å²) in [4.78, 5) is 12.4. The Kier molecular flexibility index (Phi) is 3.52. The number of aryl methyl sites for hydroxylation is 1. The zero-order chi connectivity index (χ0) is 13.2. The van der Waals surface area contributed by atoms with Crippen molar-refractivity contribution in [3.8, 4) is 0 Å². The van der Waals surface area contributed by atoms with Gasteiger partial charge in [0.1, 0.15) is 16.8 Å². The number of imidazole rings is 1. The maximum Gasteiger partial charge on any atom is 0.134 e. The number of rotatable bonds is 4. The molecule has 2 aromatic heterocycles. The van der Waals surface area contributed by atoms with E-state index in [1.54, 1.807) is 18.6 Å². The molecule has 0 radical (unpaired) electrons. The highest BCUT2D eigenvalue weighted by Gasteiger charge is 2.19. The first kappa shape index (κ1) is 12.8. The summed E-state index contributed by atoms with van der Waals surface area (Å²) in [6.45, 7) is 6.78. The van der Waals surface area contributed by atoms with Crippen LogP contribution in [0.15, 0.2) is 24.8 Å². The van der Waals surface area contributed by atoms with E-state index in [4.69, 9.17) is 11.6 Å². The summed E-state index contributed by atoms with van der Waals surface area (Å²) in [7, 11) is 0. The number of hydrogen-bond donors (Lipinski definition) is 1. The van der Waals surface area contributed by atoms with Gasteiger partial charge in [0.05, 0.1) is 11.9 Å². The molecule has 0 aliphatic carbocycles. The molecule has 0 aliphatic heterocycles. The zero-order valence-corrected chi connectivity index (χ0v) is 11.4. The van der Waals surface area contributed by atoms with E-state index in [2.05, 4.69) is 38.7 Å². The van der Waals surface area contributed by atoms with Gasteiger partial charge < -0.3 is 9.88 Å². The summed E-state index contributed by atoms with van der Waals surface area (Å²) in [5, 5.41) is 3.72. The second-order valence-corrected chi connectivity index (χ2v) is 5.15. The first-order chi connectivity index (χ1) is 8.47. The Hall–Kier alpha value is -1.62. The molecule has 0 aliphatic rings. The van der Waals surface area contributed by atoms with E-state index in [0.717, 1.165) is 12.4 Å². The first-order valence-electron chi connectivity index (χ1n) is 5.71. The number of anilines is 1. The lowest BCUT2D eigenvalue weighted by molar-refractivity contribution is 0.377. The fraction of sp³-hybridized carbons (Fsp3) is 0.417. The van der Waals surface area contributed by atoms with Gasteiger partial charge in [-0.3, -0.25) is 0 Å². The Labute approximate surface area is 111 Å². The summed E-state index contributed by atoms with van der Waals surface area (Å²) in [5.41, 5.74) is -0.0954. The van der Waals surface area contributed by atoms with Crippen molar-refractivity contribution in [3.63, 3.8) is 0 Å².